The smallest absolute Gasteiger partial charge is 0.0701 e. The highest BCUT2D eigenvalue weighted by molar-refractivity contribution is 9.11. The summed E-state index contributed by atoms with van der Waals surface area (Å²) in [6, 6.07) is 4.26. The monoisotopic (exact) mass is 256 g/mol. The second kappa shape index (κ2) is 6.23. The van der Waals surface area contributed by atoms with Gasteiger partial charge in [0.1, 0.15) is 0 Å². The first-order valence-electron chi connectivity index (χ1n) is 4.53. The van der Waals surface area contributed by atoms with Gasteiger partial charge in [0.15, 0.2) is 0 Å². The molecular formula is C11H13BrS. The average Bonchev–Trinajstić information content (AvgIpc) is 2.51. The molecule has 0 N–H and O–H groups in total. The van der Waals surface area contributed by atoms with Crippen LogP contribution in [0.3, 0.4) is 0 Å². The van der Waals surface area contributed by atoms with Gasteiger partial charge in [-0.2, -0.15) is 0 Å². The van der Waals surface area contributed by atoms with E-state index in [-0.39, 0.29) is 0 Å². The normalized spacial score (nSPS) is 9.38. The maximum Gasteiger partial charge on any atom is 0.0701 e. The molecule has 1 rings (SSSR count). The zero-order valence-corrected chi connectivity index (χ0v) is 10.2. The molecule has 0 bridgehead atoms. The van der Waals surface area contributed by atoms with Crippen LogP contribution in [-0.2, 0) is 6.42 Å². The molecule has 0 unspecified atom stereocenters. The average molecular weight is 257 g/mol. The van der Waals surface area contributed by atoms with Gasteiger partial charge in [0.05, 0.1) is 3.79 Å². The van der Waals surface area contributed by atoms with Crippen LogP contribution in [0.15, 0.2) is 15.9 Å². The Hall–Kier alpha value is -0.260. The van der Waals surface area contributed by atoms with E-state index in [2.05, 4.69) is 46.8 Å². The van der Waals surface area contributed by atoms with Crippen molar-refractivity contribution in [2.75, 3.05) is 0 Å². The summed E-state index contributed by atoms with van der Waals surface area (Å²) in [7, 11) is 0. The van der Waals surface area contributed by atoms with E-state index in [1.54, 1.807) is 11.3 Å². The van der Waals surface area contributed by atoms with Crippen LogP contribution >= 0.6 is 27.3 Å². The van der Waals surface area contributed by atoms with E-state index in [0.717, 1.165) is 25.7 Å². The highest BCUT2D eigenvalue weighted by Crippen LogP contribution is 2.22. The Morgan fingerprint density at radius 1 is 1.31 bits per heavy atom. The quantitative estimate of drug-likeness (QED) is 0.710. The Labute approximate surface area is 92.5 Å². The van der Waals surface area contributed by atoms with Gasteiger partial charge in [0, 0.05) is 17.7 Å². The van der Waals surface area contributed by atoms with Gasteiger partial charge >= 0.3 is 0 Å². The van der Waals surface area contributed by atoms with Gasteiger partial charge in [-0.05, 0) is 40.9 Å². The Morgan fingerprint density at radius 2 is 2.08 bits per heavy atom. The van der Waals surface area contributed by atoms with Crippen LogP contribution in [0.4, 0.5) is 0 Å². The van der Waals surface area contributed by atoms with Crippen LogP contribution in [-0.4, -0.2) is 0 Å². The van der Waals surface area contributed by atoms with E-state index >= 15 is 0 Å². The Morgan fingerprint density at radius 3 is 2.69 bits per heavy atom. The molecule has 70 valence electrons. The molecule has 0 aliphatic rings. The Kier molecular flexibility index (Phi) is 5.19. The highest BCUT2D eigenvalue weighted by Gasteiger charge is 1.94. The number of rotatable bonds is 3. The van der Waals surface area contributed by atoms with Crippen molar-refractivity contribution >= 4 is 27.3 Å². The third-order valence-electron chi connectivity index (χ3n) is 1.63. The van der Waals surface area contributed by atoms with Crippen molar-refractivity contribution in [1.82, 2.24) is 0 Å². The zero-order valence-electron chi connectivity index (χ0n) is 7.77. The van der Waals surface area contributed by atoms with Crippen molar-refractivity contribution in [3.63, 3.8) is 0 Å². The summed E-state index contributed by atoms with van der Waals surface area (Å²) in [6.07, 6.45) is 4.28. The Balaban J connectivity index is 2.24. The third-order valence-corrected chi connectivity index (χ3v) is 3.31. The van der Waals surface area contributed by atoms with Gasteiger partial charge in [-0.1, -0.05) is 6.92 Å². The van der Waals surface area contributed by atoms with E-state index in [9.17, 15) is 0 Å². The molecule has 0 nitrogen and oxygen atoms in total. The lowest BCUT2D eigenvalue weighted by molar-refractivity contribution is 0.976. The van der Waals surface area contributed by atoms with Crippen molar-refractivity contribution in [2.45, 2.75) is 32.6 Å². The number of aryl methyl sites for hydroxylation is 1. The maximum atomic E-state index is 3.45. The van der Waals surface area contributed by atoms with Gasteiger partial charge in [0.25, 0.3) is 0 Å². The van der Waals surface area contributed by atoms with Crippen molar-refractivity contribution < 1.29 is 0 Å². The van der Waals surface area contributed by atoms with Crippen LogP contribution in [0.2, 0.25) is 0 Å². The summed E-state index contributed by atoms with van der Waals surface area (Å²) < 4.78 is 1.21. The van der Waals surface area contributed by atoms with E-state index in [1.807, 2.05) is 0 Å². The second-order valence-corrected chi connectivity index (χ2v) is 5.36. The fraction of sp³-hybridized carbons (Fsp3) is 0.455. The van der Waals surface area contributed by atoms with Gasteiger partial charge < -0.3 is 0 Å². The molecule has 0 fully saturated rings. The zero-order chi connectivity index (χ0) is 9.52. The molecule has 0 aliphatic carbocycles. The van der Waals surface area contributed by atoms with Crippen LogP contribution in [0.1, 0.15) is 31.1 Å². The SMILES string of the molecule is CCCC#CCCc1ccc(Br)s1. The minimum Gasteiger partial charge on any atom is -0.133 e. The van der Waals surface area contributed by atoms with Crippen LogP contribution in [0.25, 0.3) is 0 Å². The minimum atomic E-state index is 0.993. The molecule has 13 heavy (non-hydrogen) atoms. The van der Waals surface area contributed by atoms with Crippen LogP contribution in [0, 0.1) is 11.8 Å². The first-order valence-corrected chi connectivity index (χ1v) is 6.14. The van der Waals surface area contributed by atoms with E-state index < -0.39 is 0 Å². The van der Waals surface area contributed by atoms with E-state index in [4.69, 9.17) is 0 Å². The predicted octanol–water partition coefficient (Wildman–Crippen LogP) is 4.25. The van der Waals surface area contributed by atoms with Crippen LogP contribution in [0.5, 0.6) is 0 Å². The van der Waals surface area contributed by atoms with Crippen molar-refractivity contribution in [3.8, 4) is 11.8 Å². The largest absolute Gasteiger partial charge is 0.133 e. The molecule has 1 heterocycles. The topological polar surface area (TPSA) is 0 Å². The van der Waals surface area contributed by atoms with Gasteiger partial charge in [-0.3, -0.25) is 0 Å². The van der Waals surface area contributed by atoms with Gasteiger partial charge in [-0.15, -0.1) is 23.2 Å². The molecule has 0 atom stereocenters. The molecule has 0 amide bonds. The third kappa shape index (κ3) is 4.50. The molecule has 1 aromatic heterocycles. The van der Waals surface area contributed by atoms with Crippen molar-refractivity contribution in [1.29, 1.82) is 0 Å². The molecule has 0 aromatic carbocycles. The fourth-order valence-electron chi connectivity index (χ4n) is 0.974. The summed E-state index contributed by atoms with van der Waals surface area (Å²) in [4.78, 5) is 1.41. The lowest BCUT2D eigenvalue weighted by Crippen LogP contribution is -1.75. The lowest BCUT2D eigenvalue weighted by atomic mass is 10.2. The summed E-state index contributed by atoms with van der Waals surface area (Å²) in [5.74, 6) is 6.34. The molecular weight excluding hydrogens is 244 g/mol. The van der Waals surface area contributed by atoms with E-state index in [0.29, 0.717) is 0 Å². The number of hydrogen-bond donors (Lipinski definition) is 0. The molecule has 0 aliphatic heterocycles. The molecule has 0 spiro atoms. The molecule has 0 saturated heterocycles. The standard InChI is InChI=1S/C11H13BrS/c1-2-3-4-5-6-7-10-8-9-11(12)13-10/h8-9H,2-3,6-7H2,1H3. The second-order valence-electron chi connectivity index (χ2n) is 2.81. The van der Waals surface area contributed by atoms with Crippen molar-refractivity contribution in [3.05, 3.63) is 20.8 Å². The van der Waals surface area contributed by atoms with Crippen molar-refractivity contribution in [2.24, 2.45) is 0 Å². The Bertz CT molecular complexity index is 303. The first kappa shape index (κ1) is 10.8. The maximum absolute atomic E-state index is 3.45. The summed E-state index contributed by atoms with van der Waals surface area (Å²) in [5.41, 5.74) is 0. The summed E-state index contributed by atoms with van der Waals surface area (Å²) in [5, 5.41) is 0. The number of unbranched alkanes of at least 4 members (excludes halogenated alkanes) is 1. The molecule has 2 heteroatoms. The molecule has 0 radical (unpaired) electrons. The predicted molar refractivity (Wildman–Crippen MR) is 63.0 cm³/mol. The van der Waals surface area contributed by atoms with Gasteiger partial charge in [-0.25, -0.2) is 0 Å². The first-order chi connectivity index (χ1) is 6.33. The van der Waals surface area contributed by atoms with Gasteiger partial charge in [0.2, 0.25) is 0 Å². The van der Waals surface area contributed by atoms with E-state index in [1.165, 1.54) is 8.66 Å². The lowest BCUT2D eigenvalue weighted by Gasteiger charge is -1.87. The fourth-order valence-corrected chi connectivity index (χ4v) is 2.46. The number of thiophene rings is 1. The highest BCUT2D eigenvalue weighted by atomic mass is 79.9. The summed E-state index contributed by atoms with van der Waals surface area (Å²) >= 11 is 5.25. The number of halogens is 1. The summed E-state index contributed by atoms with van der Waals surface area (Å²) in [6.45, 7) is 2.16. The molecule has 1 aromatic rings. The molecule has 0 saturated carbocycles. The minimum absolute atomic E-state index is 0.993. The van der Waals surface area contributed by atoms with Crippen LogP contribution < -0.4 is 0 Å². The number of hydrogen-bond acceptors (Lipinski definition) is 1.